The Hall–Kier alpha value is -3.60. The molecule has 0 aliphatic heterocycles. The zero-order valence-electron chi connectivity index (χ0n) is 15.2. The minimum absolute atomic E-state index is 0.220. The summed E-state index contributed by atoms with van der Waals surface area (Å²) in [6.45, 7) is 1.96. The van der Waals surface area contributed by atoms with Gasteiger partial charge in [-0.1, -0.05) is 12.1 Å². The molecule has 3 aromatic carbocycles. The van der Waals surface area contributed by atoms with Gasteiger partial charge in [-0.15, -0.1) is 0 Å². The van der Waals surface area contributed by atoms with Crippen LogP contribution in [0.3, 0.4) is 0 Å². The minimum Gasteiger partial charge on any atom is -0.497 e. The number of benzene rings is 3. The van der Waals surface area contributed by atoms with E-state index in [9.17, 15) is 9.59 Å². The quantitative estimate of drug-likeness (QED) is 0.703. The van der Waals surface area contributed by atoms with Gasteiger partial charge in [-0.3, -0.25) is 9.59 Å². The fraction of sp³-hybridized carbons (Fsp3) is 0.0909. The second-order valence-electron chi connectivity index (χ2n) is 6.08. The monoisotopic (exact) mass is 360 g/mol. The lowest BCUT2D eigenvalue weighted by molar-refractivity contribution is 0.101. The van der Waals surface area contributed by atoms with Gasteiger partial charge < -0.3 is 15.4 Å². The highest BCUT2D eigenvalue weighted by atomic mass is 16.5. The van der Waals surface area contributed by atoms with Gasteiger partial charge >= 0.3 is 0 Å². The fourth-order valence-electron chi connectivity index (χ4n) is 2.58. The molecule has 3 aromatic rings. The van der Waals surface area contributed by atoms with Gasteiger partial charge in [0.25, 0.3) is 11.8 Å². The molecule has 3 rings (SSSR count). The normalized spacial score (nSPS) is 10.1. The molecule has 27 heavy (non-hydrogen) atoms. The predicted molar refractivity (Wildman–Crippen MR) is 107 cm³/mol. The average Bonchev–Trinajstić information content (AvgIpc) is 2.68. The van der Waals surface area contributed by atoms with Crippen molar-refractivity contribution >= 4 is 23.2 Å². The number of aryl methyl sites for hydroxylation is 1. The van der Waals surface area contributed by atoms with Crippen LogP contribution in [0.1, 0.15) is 26.3 Å². The van der Waals surface area contributed by atoms with Crippen LogP contribution >= 0.6 is 0 Å². The number of ether oxygens (including phenoxy) is 1. The molecule has 0 aliphatic carbocycles. The highest BCUT2D eigenvalue weighted by molar-refractivity contribution is 6.07. The summed E-state index contributed by atoms with van der Waals surface area (Å²) in [5.74, 6) is 0.255. The van der Waals surface area contributed by atoms with E-state index in [1.54, 1.807) is 55.6 Å². The molecule has 0 fully saturated rings. The van der Waals surface area contributed by atoms with Crippen molar-refractivity contribution in [3.8, 4) is 5.75 Å². The summed E-state index contributed by atoms with van der Waals surface area (Å²) in [7, 11) is 1.59. The zero-order valence-corrected chi connectivity index (χ0v) is 15.2. The summed E-state index contributed by atoms with van der Waals surface area (Å²) in [6, 6.07) is 21.2. The van der Waals surface area contributed by atoms with Crippen molar-refractivity contribution in [3.63, 3.8) is 0 Å². The summed E-state index contributed by atoms with van der Waals surface area (Å²) in [5, 5.41) is 5.66. The van der Waals surface area contributed by atoms with Crippen LogP contribution in [-0.4, -0.2) is 18.9 Å². The van der Waals surface area contributed by atoms with Crippen LogP contribution in [0.5, 0.6) is 5.75 Å². The van der Waals surface area contributed by atoms with Crippen molar-refractivity contribution in [2.75, 3.05) is 17.7 Å². The van der Waals surface area contributed by atoms with E-state index in [-0.39, 0.29) is 11.8 Å². The van der Waals surface area contributed by atoms with Crippen LogP contribution in [0.15, 0.2) is 72.8 Å². The van der Waals surface area contributed by atoms with Crippen LogP contribution in [0.25, 0.3) is 0 Å². The Bertz CT molecular complexity index is 948. The molecule has 2 amide bonds. The molecular weight excluding hydrogens is 340 g/mol. The molecule has 5 heteroatoms. The molecule has 136 valence electrons. The van der Waals surface area contributed by atoms with Gasteiger partial charge in [0.15, 0.2) is 0 Å². The van der Waals surface area contributed by atoms with Crippen molar-refractivity contribution in [2.45, 2.75) is 6.92 Å². The Balaban J connectivity index is 1.65. The van der Waals surface area contributed by atoms with Crippen LogP contribution in [0, 0.1) is 6.92 Å². The van der Waals surface area contributed by atoms with Gasteiger partial charge in [0, 0.05) is 22.5 Å². The third-order valence-corrected chi connectivity index (χ3v) is 4.03. The van der Waals surface area contributed by atoms with Crippen LogP contribution in [-0.2, 0) is 0 Å². The maximum atomic E-state index is 12.3. The van der Waals surface area contributed by atoms with Gasteiger partial charge in [0.05, 0.1) is 7.11 Å². The van der Waals surface area contributed by atoms with E-state index in [1.807, 2.05) is 31.2 Å². The number of nitrogens with one attached hydrogen (secondary N) is 2. The fourth-order valence-corrected chi connectivity index (χ4v) is 2.58. The number of hydrogen-bond acceptors (Lipinski definition) is 3. The number of anilines is 2. The van der Waals surface area contributed by atoms with E-state index in [4.69, 9.17) is 4.74 Å². The van der Waals surface area contributed by atoms with Crippen molar-refractivity contribution in [1.82, 2.24) is 0 Å². The van der Waals surface area contributed by atoms with Crippen molar-refractivity contribution in [3.05, 3.63) is 89.5 Å². The van der Waals surface area contributed by atoms with E-state index >= 15 is 0 Å². The van der Waals surface area contributed by atoms with Crippen LogP contribution in [0.4, 0.5) is 11.4 Å². The topological polar surface area (TPSA) is 67.4 Å². The first kappa shape index (κ1) is 18.2. The molecule has 0 saturated heterocycles. The third-order valence-electron chi connectivity index (χ3n) is 4.03. The molecule has 0 heterocycles. The first-order chi connectivity index (χ1) is 13.0. The Morgan fingerprint density at radius 3 is 1.81 bits per heavy atom. The second kappa shape index (κ2) is 8.19. The largest absolute Gasteiger partial charge is 0.497 e. The van der Waals surface area contributed by atoms with Gasteiger partial charge in [-0.05, 0) is 73.2 Å². The highest BCUT2D eigenvalue weighted by Crippen LogP contribution is 2.17. The number of rotatable bonds is 5. The molecule has 0 aliphatic rings. The van der Waals surface area contributed by atoms with Crippen molar-refractivity contribution < 1.29 is 14.3 Å². The van der Waals surface area contributed by atoms with Gasteiger partial charge in [-0.2, -0.15) is 0 Å². The first-order valence-electron chi connectivity index (χ1n) is 8.48. The Morgan fingerprint density at radius 2 is 1.30 bits per heavy atom. The lowest BCUT2D eigenvalue weighted by Crippen LogP contribution is -2.14. The second-order valence-corrected chi connectivity index (χ2v) is 6.08. The molecule has 0 aromatic heterocycles. The number of amides is 2. The molecule has 0 unspecified atom stereocenters. The molecule has 5 nitrogen and oxygen atoms in total. The molecule has 0 bridgehead atoms. The number of carbonyl (C=O) groups is 2. The number of hydrogen-bond donors (Lipinski definition) is 2. The maximum absolute atomic E-state index is 12.3. The van der Waals surface area contributed by atoms with Crippen LogP contribution in [0.2, 0.25) is 0 Å². The molecule has 2 N–H and O–H groups in total. The average molecular weight is 360 g/mol. The smallest absolute Gasteiger partial charge is 0.255 e. The van der Waals surface area contributed by atoms with Gasteiger partial charge in [0.1, 0.15) is 5.75 Å². The zero-order chi connectivity index (χ0) is 19.2. The van der Waals surface area contributed by atoms with E-state index in [2.05, 4.69) is 10.6 Å². The Kier molecular flexibility index (Phi) is 5.52. The SMILES string of the molecule is COc1ccc(NC(=O)c2ccc(C(=O)Nc3cccc(C)c3)cc2)cc1. The highest BCUT2D eigenvalue weighted by Gasteiger charge is 2.10. The van der Waals surface area contributed by atoms with E-state index in [1.165, 1.54) is 0 Å². The number of methoxy groups -OCH3 is 1. The summed E-state index contributed by atoms with van der Waals surface area (Å²) >= 11 is 0. The van der Waals surface area contributed by atoms with Crippen molar-refractivity contribution in [1.29, 1.82) is 0 Å². The molecule has 0 radical (unpaired) electrons. The van der Waals surface area contributed by atoms with Crippen molar-refractivity contribution in [2.24, 2.45) is 0 Å². The standard InChI is InChI=1S/C22H20N2O3/c1-15-4-3-5-19(14-15)24-22(26)17-8-6-16(7-9-17)21(25)23-18-10-12-20(27-2)13-11-18/h3-14H,1-2H3,(H,23,25)(H,24,26). The summed E-state index contributed by atoms with van der Waals surface area (Å²) < 4.78 is 5.09. The summed E-state index contributed by atoms with van der Waals surface area (Å²) in [6.07, 6.45) is 0. The maximum Gasteiger partial charge on any atom is 0.255 e. The predicted octanol–water partition coefficient (Wildman–Crippen LogP) is 4.51. The van der Waals surface area contributed by atoms with Gasteiger partial charge in [-0.25, -0.2) is 0 Å². The third kappa shape index (κ3) is 4.73. The lowest BCUT2D eigenvalue weighted by atomic mass is 10.1. The summed E-state index contributed by atoms with van der Waals surface area (Å²) in [4.78, 5) is 24.7. The molecular formula is C22H20N2O3. The lowest BCUT2D eigenvalue weighted by Gasteiger charge is -2.08. The Morgan fingerprint density at radius 1 is 0.741 bits per heavy atom. The van der Waals surface area contributed by atoms with E-state index < -0.39 is 0 Å². The summed E-state index contributed by atoms with van der Waals surface area (Å²) in [5.41, 5.74) is 3.43. The molecule has 0 saturated carbocycles. The van der Waals surface area contributed by atoms with E-state index in [0.717, 1.165) is 17.0 Å². The molecule has 0 atom stereocenters. The van der Waals surface area contributed by atoms with Crippen LogP contribution < -0.4 is 15.4 Å². The Labute approximate surface area is 158 Å². The number of carbonyl (C=O) groups excluding carboxylic acids is 2. The van der Waals surface area contributed by atoms with E-state index in [0.29, 0.717) is 16.8 Å². The minimum atomic E-state index is -0.245. The molecule has 0 spiro atoms. The van der Waals surface area contributed by atoms with Gasteiger partial charge in [0.2, 0.25) is 0 Å². The first-order valence-corrected chi connectivity index (χ1v) is 8.48.